The minimum atomic E-state index is -0.250. The first kappa shape index (κ1) is 15.5. The Bertz CT molecular complexity index is 835. The van der Waals surface area contributed by atoms with E-state index in [1.165, 1.54) is 0 Å². The predicted octanol–water partition coefficient (Wildman–Crippen LogP) is 3.37. The first-order chi connectivity index (χ1) is 11.1. The normalized spacial score (nSPS) is 10.5. The maximum atomic E-state index is 12.3. The number of carbonyl (C=O) groups excluding carboxylic acids is 1. The van der Waals surface area contributed by atoms with Crippen LogP contribution in [0.5, 0.6) is 0 Å². The third kappa shape index (κ3) is 3.49. The zero-order valence-electron chi connectivity index (χ0n) is 12.0. The van der Waals surface area contributed by atoms with Crippen molar-refractivity contribution in [1.82, 2.24) is 14.7 Å². The van der Waals surface area contributed by atoms with Gasteiger partial charge in [-0.2, -0.15) is 4.37 Å². The third-order valence-corrected chi connectivity index (χ3v) is 4.33. The second kappa shape index (κ2) is 6.76. The van der Waals surface area contributed by atoms with Crippen LogP contribution in [0.15, 0.2) is 48.8 Å². The molecule has 7 heteroatoms. The zero-order chi connectivity index (χ0) is 16.2. The summed E-state index contributed by atoms with van der Waals surface area (Å²) in [7, 11) is 0. The number of hydrogen-bond donors (Lipinski definition) is 2. The zero-order valence-corrected chi connectivity index (χ0v) is 13.6. The lowest BCUT2D eigenvalue weighted by Crippen LogP contribution is -2.22. The van der Waals surface area contributed by atoms with E-state index in [2.05, 4.69) is 14.7 Å². The van der Waals surface area contributed by atoms with E-state index in [4.69, 9.17) is 17.3 Å². The Hall–Kier alpha value is -2.44. The van der Waals surface area contributed by atoms with Gasteiger partial charge in [-0.3, -0.25) is 9.78 Å². The lowest BCUT2D eigenvalue weighted by molar-refractivity contribution is 0.0956. The molecule has 2 aromatic heterocycles. The second-order valence-electron chi connectivity index (χ2n) is 4.82. The van der Waals surface area contributed by atoms with E-state index in [1.54, 1.807) is 36.7 Å². The molecule has 5 nitrogen and oxygen atoms in total. The van der Waals surface area contributed by atoms with Crippen LogP contribution in [-0.4, -0.2) is 15.3 Å². The van der Waals surface area contributed by atoms with E-state index in [-0.39, 0.29) is 5.91 Å². The maximum Gasteiger partial charge on any atom is 0.265 e. The maximum absolute atomic E-state index is 12.3. The van der Waals surface area contributed by atoms with Crippen molar-refractivity contribution < 1.29 is 4.79 Å². The fraction of sp³-hybridized carbons (Fsp3) is 0.0625. The van der Waals surface area contributed by atoms with Gasteiger partial charge in [-0.25, -0.2) is 0 Å². The third-order valence-electron chi connectivity index (χ3n) is 3.23. The summed E-state index contributed by atoms with van der Waals surface area (Å²) >= 11 is 7.01. The van der Waals surface area contributed by atoms with Crippen molar-refractivity contribution >= 4 is 34.7 Å². The summed E-state index contributed by atoms with van der Waals surface area (Å²) < 4.78 is 4.28. The molecule has 0 radical (unpaired) electrons. The molecule has 1 amide bonds. The van der Waals surface area contributed by atoms with Gasteiger partial charge in [0.1, 0.15) is 10.6 Å². The van der Waals surface area contributed by atoms with E-state index in [9.17, 15) is 4.79 Å². The molecule has 0 aliphatic carbocycles. The summed E-state index contributed by atoms with van der Waals surface area (Å²) in [6, 6.07) is 10.9. The molecule has 0 aliphatic rings. The van der Waals surface area contributed by atoms with Crippen LogP contribution in [0.25, 0.3) is 11.3 Å². The average Bonchev–Trinajstić information content (AvgIpc) is 2.95. The van der Waals surface area contributed by atoms with Gasteiger partial charge < -0.3 is 11.1 Å². The van der Waals surface area contributed by atoms with E-state index in [0.29, 0.717) is 27.8 Å². The minimum absolute atomic E-state index is 0.250. The molecule has 0 saturated heterocycles. The number of nitrogens with one attached hydrogen (secondary N) is 1. The second-order valence-corrected chi connectivity index (χ2v) is 6.03. The molecule has 0 fully saturated rings. The number of pyridine rings is 1. The van der Waals surface area contributed by atoms with Gasteiger partial charge in [0.2, 0.25) is 0 Å². The van der Waals surface area contributed by atoms with Gasteiger partial charge in [0, 0.05) is 29.5 Å². The number of nitrogen functional groups attached to an aromatic ring is 1. The van der Waals surface area contributed by atoms with Crippen molar-refractivity contribution in [2.24, 2.45) is 0 Å². The Balaban J connectivity index is 1.75. The fourth-order valence-electron chi connectivity index (χ4n) is 2.09. The average molecular weight is 345 g/mol. The van der Waals surface area contributed by atoms with Crippen LogP contribution >= 0.6 is 23.1 Å². The van der Waals surface area contributed by atoms with Crippen molar-refractivity contribution in [3.05, 3.63) is 64.3 Å². The van der Waals surface area contributed by atoms with Gasteiger partial charge in [-0.1, -0.05) is 23.7 Å². The van der Waals surface area contributed by atoms with Gasteiger partial charge in [-0.15, -0.1) is 0 Å². The van der Waals surface area contributed by atoms with Crippen molar-refractivity contribution in [1.29, 1.82) is 0 Å². The topological polar surface area (TPSA) is 80.9 Å². The van der Waals surface area contributed by atoms with Crippen LogP contribution < -0.4 is 11.1 Å². The van der Waals surface area contributed by atoms with Crippen molar-refractivity contribution in [3.8, 4) is 11.3 Å². The Kier molecular flexibility index (Phi) is 4.55. The number of carbonyl (C=O) groups is 1. The monoisotopic (exact) mass is 344 g/mol. The molecule has 3 rings (SSSR count). The standard InChI is InChI=1S/C16H13ClN4OS/c17-12-3-1-2-10(8-12)9-20-16(22)15-13(18)14(21-23-15)11-4-6-19-7-5-11/h1-8H,9,18H2,(H,20,22). The van der Waals surface area contributed by atoms with Gasteiger partial charge in [0.05, 0.1) is 5.69 Å². The van der Waals surface area contributed by atoms with Gasteiger partial charge in [0.25, 0.3) is 5.91 Å². The first-order valence-corrected chi connectivity index (χ1v) is 7.98. The Morgan fingerprint density at radius 2 is 2.04 bits per heavy atom. The van der Waals surface area contributed by atoms with Crippen LogP contribution in [0.4, 0.5) is 5.69 Å². The smallest absolute Gasteiger partial charge is 0.265 e. The van der Waals surface area contributed by atoms with Crippen LogP contribution in [0, 0.1) is 0 Å². The molecule has 0 unspecified atom stereocenters. The SMILES string of the molecule is Nc1c(-c2ccncc2)nsc1C(=O)NCc1cccc(Cl)c1. The first-order valence-electron chi connectivity index (χ1n) is 6.83. The van der Waals surface area contributed by atoms with E-state index in [0.717, 1.165) is 22.7 Å². The number of hydrogen-bond acceptors (Lipinski definition) is 5. The molecule has 0 aliphatic heterocycles. The highest BCUT2D eigenvalue weighted by atomic mass is 35.5. The van der Waals surface area contributed by atoms with E-state index in [1.807, 2.05) is 12.1 Å². The quantitative estimate of drug-likeness (QED) is 0.760. The van der Waals surface area contributed by atoms with E-state index < -0.39 is 0 Å². The number of amides is 1. The van der Waals surface area contributed by atoms with Crippen LogP contribution in [0.2, 0.25) is 5.02 Å². The van der Waals surface area contributed by atoms with Gasteiger partial charge in [-0.05, 0) is 41.4 Å². The Morgan fingerprint density at radius 3 is 2.78 bits per heavy atom. The highest BCUT2D eigenvalue weighted by Gasteiger charge is 2.18. The molecule has 3 N–H and O–H groups in total. The van der Waals surface area contributed by atoms with Crippen LogP contribution in [0.3, 0.4) is 0 Å². The summed E-state index contributed by atoms with van der Waals surface area (Å²) in [6.07, 6.45) is 3.32. The number of anilines is 1. The molecular formula is C16H13ClN4OS. The summed E-state index contributed by atoms with van der Waals surface area (Å²) in [6.45, 7) is 0.376. The van der Waals surface area contributed by atoms with Crippen molar-refractivity contribution in [2.45, 2.75) is 6.54 Å². The summed E-state index contributed by atoms with van der Waals surface area (Å²) in [4.78, 5) is 16.7. The minimum Gasteiger partial charge on any atom is -0.396 e. The molecule has 3 aromatic rings. The highest BCUT2D eigenvalue weighted by Crippen LogP contribution is 2.30. The predicted molar refractivity (Wildman–Crippen MR) is 92.4 cm³/mol. The lowest BCUT2D eigenvalue weighted by atomic mass is 10.1. The number of nitrogens with zero attached hydrogens (tertiary/aromatic N) is 2. The summed E-state index contributed by atoms with van der Waals surface area (Å²) in [5.41, 5.74) is 8.81. The molecule has 0 atom stereocenters. The molecule has 0 bridgehead atoms. The number of benzene rings is 1. The molecule has 2 heterocycles. The number of halogens is 1. The Morgan fingerprint density at radius 1 is 1.26 bits per heavy atom. The molecular weight excluding hydrogens is 332 g/mol. The summed E-state index contributed by atoms with van der Waals surface area (Å²) in [5.74, 6) is -0.250. The summed E-state index contributed by atoms with van der Waals surface area (Å²) in [5, 5.41) is 3.46. The Labute approximate surface area is 142 Å². The van der Waals surface area contributed by atoms with Crippen LogP contribution in [-0.2, 0) is 6.54 Å². The molecule has 0 saturated carbocycles. The number of aromatic nitrogens is 2. The highest BCUT2D eigenvalue weighted by molar-refractivity contribution is 7.09. The number of rotatable bonds is 4. The molecule has 1 aromatic carbocycles. The lowest BCUT2D eigenvalue weighted by Gasteiger charge is -2.05. The van der Waals surface area contributed by atoms with Crippen molar-refractivity contribution in [2.75, 3.05) is 5.73 Å². The number of nitrogens with two attached hydrogens (primary N) is 1. The van der Waals surface area contributed by atoms with E-state index >= 15 is 0 Å². The fourth-order valence-corrected chi connectivity index (χ4v) is 3.04. The molecule has 23 heavy (non-hydrogen) atoms. The van der Waals surface area contributed by atoms with Crippen LogP contribution in [0.1, 0.15) is 15.2 Å². The molecule has 116 valence electrons. The van der Waals surface area contributed by atoms with Crippen molar-refractivity contribution in [3.63, 3.8) is 0 Å². The van der Waals surface area contributed by atoms with Gasteiger partial charge >= 0.3 is 0 Å². The molecule has 0 spiro atoms. The van der Waals surface area contributed by atoms with Gasteiger partial charge in [0.15, 0.2) is 0 Å². The largest absolute Gasteiger partial charge is 0.396 e.